The van der Waals surface area contributed by atoms with Gasteiger partial charge in [0.05, 0.1) is 6.61 Å². The van der Waals surface area contributed by atoms with Gasteiger partial charge in [-0.2, -0.15) is 0 Å². The van der Waals surface area contributed by atoms with E-state index in [2.05, 4.69) is 12.2 Å². The molecule has 1 aliphatic rings. The fourth-order valence-corrected chi connectivity index (χ4v) is 3.14. The Labute approximate surface area is 117 Å². The van der Waals surface area contributed by atoms with Crippen molar-refractivity contribution in [2.75, 3.05) is 19.7 Å². The highest BCUT2D eigenvalue weighted by atomic mass is 16.5. The van der Waals surface area contributed by atoms with Crippen LogP contribution in [0.15, 0.2) is 30.3 Å². The van der Waals surface area contributed by atoms with Gasteiger partial charge in [-0.1, -0.05) is 38.0 Å². The molecule has 0 bridgehead atoms. The van der Waals surface area contributed by atoms with Gasteiger partial charge >= 0.3 is 0 Å². The van der Waals surface area contributed by atoms with E-state index in [1.54, 1.807) is 0 Å². The van der Waals surface area contributed by atoms with Gasteiger partial charge in [-0.05, 0) is 56.3 Å². The van der Waals surface area contributed by atoms with Crippen LogP contribution in [0.25, 0.3) is 0 Å². The van der Waals surface area contributed by atoms with E-state index in [0.29, 0.717) is 0 Å². The van der Waals surface area contributed by atoms with E-state index in [9.17, 15) is 0 Å². The molecule has 2 heteroatoms. The van der Waals surface area contributed by atoms with Gasteiger partial charge in [-0.3, -0.25) is 0 Å². The van der Waals surface area contributed by atoms with E-state index in [-0.39, 0.29) is 0 Å². The number of hydrogen-bond acceptors (Lipinski definition) is 2. The summed E-state index contributed by atoms with van der Waals surface area (Å²) in [6.45, 7) is 5.35. The standard InChI is InChI=1S/C17H27NO/c1-2-18-14-16-9-6-8-15(16)10-7-13-19-17-11-4-3-5-12-17/h3-5,11-12,15-16,18H,2,6-10,13-14H2,1H3. The Morgan fingerprint density at radius 2 is 1.95 bits per heavy atom. The molecular weight excluding hydrogens is 234 g/mol. The van der Waals surface area contributed by atoms with Crippen LogP contribution in [0.2, 0.25) is 0 Å². The Bertz CT molecular complexity index is 338. The summed E-state index contributed by atoms with van der Waals surface area (Å²) in [5.41, 5.74) is 0. The minimum atomic E-state index is 0.856. The van der Waals surface area contributed by atoms with Crippen LogP contribution in [0, 0.1) is 11.8 Å². The second-order valence-corrected chi connectivity index (χ2v) is 5.56. The van der Waals surface area contributed by atoms with E-state index >= 15 is 0 Å². The highest BCUT2D eigenvalue weighted by Crippen LogP contribution is 2.34. The van der Waals surface area contributed by atoms with Gasteiger partial charge in [-0.15, -0.1) is 0 Å². The molecular formula is C17H27NO. The molecule has 0 saturated heterocycles. The number of hydrogen-bond donors (Lipinski definition) is 1. The number of rotatable bonds is 8. The van der Waals surface area contributed by atoms with Crippen LogP contribution in [0.1, 0.15) is 39.0 Å². The molecule has 1 aromatic carbocycles. The molecule has 1 aromatic rings. The van der Waals surface area contributed by atoms with Crippen molar-refractivity contribution in [2.45, 2.75) is 39.0 Å². The van der Waals surface area contributed by atoms with Gasteiger partial charge in [0.25, 0.3) is 0 Å². The van der Waals surface area contributed by atoms with Crippen molar-refractivity contribution >= 4 is 0 Å². The maximum absolute atomic E-state index is 5.77. The maximum Gasteiger partial charge on any atom is 0.119 e. The first-order chi connectivity index (χ1) is 9.40. The predicted octanol–water partition coefficient (Wildman–Crippen LogP) is 3.87. The minimum absolute atomic E-state index is 0.856. The minimum Gasteiger partial charge on any atom is -0.494 e. The Morgan fingerprint density at radius 1 is 1.16 bits per heavy atom. The molecule has 2 unspecified atom stereocenters. The molecule has 0 aliphatic heterocycles. The molecule has 0 radical (unpaired) electrons. The summed E-state index contributed by atoms with van der Waals surface area (Å²) in [7, 11) is 0. The predicted molar refractivity (Wildman–Crippen MR) is 80.5 cm³/mol. The molecule has 2 rings (SSSR count). The van der Waals surface area contributed by atoms with Gasteiger partial charge in [0.1, 0.15) is 5.75 Å². The first-order valence-corrected chi connectivity index (χ1v) is 7.78. The zero-order valence-corrected chi connectivity index (χ0v) is 12.1. The maximum atomic E-state index is 5.77. The molecule has 0 amide bonds. The molecule has 106 valence electrons. The zero-order valence-electron chi connectivity index (χ0n) is 12.1. The van der Waals surface area contributed by atoms with Gasteiger partial charge in [0, 0.05) is 0 Å². The lowest BCUT2D eigenvalue weighted by molar-refractivity contribution is 0.272. The highest BCUT2D eigenvalue weighted by molar-refractivity contribution is 5.20. The first-order valence-electron chi connectivity index (χ1n) is 7.78. The molecule has 2 nitrogen and oxygen atoms in total. The van der Waals surface area contributed by atoms with Gasteiger partial charge < -0.3 is 10.1 Å². The first kappa shape index (κ1) is 14.4. The topological polar surface area (TPSA) is 21.3 Å². The van der Waals surface area contributed by atoms with Crippen LogP contribution in [0.3, 0.4) is 0 Å². The van der Waals surface area contributed by atoms with E-state index in [1.807, 2.05) is 30.3 Å². The van der Waals surface area contributed by atoms with E-state index in [4.69, 9.17) is 4.74 Å². The van der Waals surface area contributed by atoms with Crippen molar-refractivity contribution in [1.82, 2.24) is 5.32 Å². The van der Waals surface area contributed by atoms with Crippen molar-refractivity contribution in [3.63, 3.8) is 0 Å². The van der Waals surface area contributed by atoms with Crippen LogP contribution in [0.4, 0.5) is 0 Å². The van der Waals surface area contributed by atoms with Crippen molar-refractivity contribution in [1.29, 1.82) is 0 Å². The molecule has 1 fully saturated rings. The van der Waals surface area contributed by atoms with Gasteiger partial charge in [0.2, 0.25) is 0 Å². The largest absolute Gasteiger partial charge is 0.494 e. The summed E-state index contributed by atoms with van der Waals surface area (Å²) >= 11 is 0. The number of ether oxygens (including phenoxy) is 1. The average Bonchev–Trinajstić information content (AvgIpc) is 2.90. The summed E-state index contributed by atoms with van der Waals surface area (Å²) in [5.74, 6) is 2.81. The van der Waals surface area contributed by atoms with Crippen LogP contribution in [-0.4, -0.2) is 19.7 Å². The Balaban J connectivity index is 1.62. The third kappa shape index (κ3) is 4.87. The van der Waals surface area contributed by atoms with Crippen LogP contribution >= 0.6 is 0 Å². The van der Waals surface area contributed by atoms with Crippen molar-refractivity contribution in [3.8, 4) is 5.75 Å². The summed E-state index contributed by atoms with van der Waals surface area (Å²) in [6.07, 6.45) is 6.75. The Morgan fingerprint density at radius 3 is 2.74 bits per heavy atom. The lowest BCUT2D eigenvalue weighted by Crippen LogP contribution is -2.25. The van der Waals surface area contributed by atoms with Crippen LogP contribution < -0.4 is 10.1 Å². The smallest absolute Gasteiger partial charge is 0.119 e. The monoisotopic (exact) mass is 261 g/mol. The summed E-state index contributed by atoms with van der Waals surface area (Å²) in [4.78, 5) is 0. The van der Waals surface area contributed by atoms with Crippen molar-refractivity contribution in [2.24, 2.45) is 11.8 Å². The number of para-hydroxylation sites is 1. The molecule has 2 atom stereocenters. The molecule has 1 aliphatic carbocycles. The molecule has 0 spiro atoms. The Kier molecular flexibility index (Phi) is 6.22. The SMILES string of the molecule is CCNCC1CCCC1CCCOc1ccccc1. The van der Waals surface area contributed by atoms with Gasteiger partial charge in [-0.25, -0.2) is 0 Å². The Hall–Kier alpha value is -1.02. The molecule has 1 saturated carbocycles. The zero-order chi connectivity index (χ0) is 13.3. The quantitative estimate of drug-likeness (QED) is 0.717. The fraction of sp³-hybridized carbons (Fsp3) is 0.647. The molecule has 0 aromatic heterocycles. The lowest BCUT2D eigenvalue weighted by Gasteiger charge is -2.19. The highest BCUT2D eigenvalue weighted by Gasteiger charge is 2.26. The van der Waals surface area contributed by atoms with E-state index in [1.165, 1.54) is 38.6 Å². The summed E-state index contributed by atoms with van der Waals surface area (Å²) < 4.78 is 5.77. The van der Waals surface area contributed by atoms with Crippen LogP contribution in [-0.2, 0) is 0 Å². The molecule has 0 heterocycles. The number of nitrogens with one attached hydrogen (secondary N) is 1. The number of benzene rings is 1. The molecule has 1 N–H and O–H groups in total. The second kappa shape index (κ2) is 8.21. The van der Waals surface area contributed by atoms with Gasteiger partial charge in [0.15, 0.2) is 0 Å². The molecule has 19 heavy (non-hydrogen) atoms. The average molecular weight is 261 g/mol. The van der Waals surface area contributed by atoms with Crippen molar-refractivity contribution in [3.05, 3.63) is 30.3 Å². The normalized spacial score (nSPS) is 22.6. The summed E-state index contributed by atoms with van der Waals surface area (Å²) in [6, 6.07) is 10.1. The fourth-order valence-electron chi connectivity index (χ4n) is 3.14. The lowest BCUT2D eigenvalue weighted by atomic mass is 9.91. The van der Waals surface area contributed by atoms with E-state index < -0.39 is 0 Å². The third-order valence-corrected chi connectivity index (χ3v) is 4.20. The second-order valence-electron chi connectivity index (χ2n) is 5.56. The van der Waals surface area contributed by atoms with Crippen molar-refractivity contribution < 1.29 is 4.74 Å². The van der Waals surface area contributed by atoms with E-state index in [0.717, 1.165) is 30.7 Å². The summed E-state index contributed by atoms with van der Waals surface area (Å²) in [5, 5.41) is 3.51. The third-order valence-electron chi connectivity index (χ3n) is 4.20. The van der Waals surface area contributed by atoms with Crippen LogP contribution in [0.5, 0.6) is 5.75 Å².